The minimum absolute atomic E-state index is 0.283. The molecule has 1 N–H and O–H groups in total. The molecular formula is C19H23NO2. The summed E-state index contributed by atoms with van der Waals surface area (Å²) in [6, 6.07) is 10.9. The van der Waals surface area contributed by atoms with Crippen LogP contribution >= 0.6 is 0 Å². The first-order chi connectivity index (χ1) is 10.6. The van der Waals surface area contributed by atoms with Gasteiger partial charge in [0.1, 0.15) is 5.69 Å². The largest absolute Gasteiger partial charge is 0.464 e. The van der Waals surface area contributed by atoms with Crippen molar-refractivity contribution in [2.75, 3.05) is 7.11 Å². The summed E-state index contributed by atoms with van der Waals surface area (Å²) in [4.78, 5) is 14.8. The van der Waals surface area contributed by atoms with Gasteiger partial charge in [0.2, 0.25) is 0 Å². The molecule has 22 heavy (non-hydrogen) atoms. The number of methoxy groups -OCH3 is 1. The van der Waals surface area contributed by atoms with Crippen LogP contribution in [0.4, 0.5) is 0 Å². The van der Waals surface area contributed by atoms with E-state index in [1.807, 2.05) is 6.07 Å². The van der Waals surface area contributed by atoms with Crippen molar-refractivity contribution in [2.45, 2.75) is 44.9 Å². The van der Waals surface area contributed by atoms with Crippen molar-refractivity contribution >= 4 is 5.97 Å². The number of carbonyl (C=O) groups excluding carboxylic acids is 1. The Morgan fingerprint density at radius 1 is 1.32 bits per heavy atom. The number of nitrogens with one attached hydrogen (secondary N) is 1. The fraction of sp³-hybridized carbons (Fsp3) is 0.421. The number of benzene rings is 1. The second-order valence-corrected chi connectivity index (χ2v) is 6.44. The summed E-state index contributed by atoms with van der Waals surface area (Å²) in [7, 11) is 1.42. The van der Waals surface area contributed by atoms with Gasteiger partial charge < -0.3 is 9.72 Å². The fourth-order valence-corrected chi connectivity index (χ4v) is 3.31. The van der Waals surface area contributed by atoms with Crippen molar-refractivity contribution in [1.29, 1.82) is 0 Å². The molecule has 1 aliphatic carbocycles. The number of aryl methyl sites for hydroxylation is 1. The average molecular weight is 297 g/mol. The fourth-order valence-electron chi connectivity index (χ4n) is 3.31. The zero-order valence-electron chi connectivity index (χ0n) is 13.5. The third-order valence-corrected chi connectivity index (χ3v) is 4.65. The molecule has 2 aromatic rings. The summed E-state index contributed by atoms with van der Waals surface area (Å²) in [5.41, 5.74) is 5.80. The molecule has 0 saturated carbocycles. The molecule has 0 saturated heterocycles. The molecule has 0 aliphatic heterocycles. The molecule has 1 aliphatic rings. The number of hydrogen-bond donors (Lipinski definition) is 1. The summed E-state index contributed by atoms with van der Waals surface area (Å²) in [5.74, 6) is 0.781. The third kappa shape index (κ3) is 2.80. The molecule has 1 heterocycles. The Balaban J connectivity index is 1.75. The molecule has 3 rings (SSSR count). The van der Waals surface area contributed by atoms with Crippen LogP contribution in [0.5, 0.6) is 0 Å². The number of aromatic nitrogens is 1. The molecule has 116 valence electrons. The van der Waals surface area contributed by atoms with Crippen LogP contribution in [0.3, 0.4) is 0 Å². The number of aromatic amines is 1. The van der Waals surface area contributed by atoms with Gasteiger partial charge in [-0.25, -0.2) is 4.79 Å². The van der Waals surface area contributed by atoms with Crippen LogP contribution < -0.4 is 0 Å². The van der Waals surface area contributed by atoms with Crippen molar-refractivity contribution in [3.8, 4) is 0 Å². The highest BCUT2D eigenvalue weighted by atomic mass is 16.5. The number of carbonyl (C=O) groups is 1. The minimum atomic E-state index is -0.283. The molecule has 1 unspecified atom stereocenters. The van der Waals surface area contributed by atoms with Crippen LogP contribution in [-0.2, 0) is 17.6 Å². The number of esters is 1. The van der Waals surface area contributed by atoms with Gasteiger partial charge in [-0.15, -0.1) is 0 Å². The average Bonchev–Trinajstić information content (AvgIpc) is 3.09. The van der Waals surface area contributed by atoms with E-state index in [1.54, 1.807) is 0 Å². The van der Waals surface area contributed by atoms with Crippen molar-refractivity contribution in [1.82, 2.24) is 4.98 Å². The number of ether oxygens (including phenoxy) is 1. The van der Waals surface area contributed by atoms with Gasteiger partial charge in [0, 0.05) is 5.69 Å². The number of rotatable bonds is 4. The molecule has 3 heteroatoms. The van der Waals surface area contributed by atoms with Crippen molar-refractivity contribution in [2.24, 2.45) is 0 Å². The first kappa shape index (κ1) is 14.9. The van der Waals surface area contributed by atoms with Crippen LogP contribution in [0.2, 0.25) is 0 Å². The molecule has 3 nitrogen and oxygen atoms in total. The molecule has 0 spiro atoms. The van der Waals surface area contributed by atoms with Crippen LogP contribution in [-0.4, -0.2) is 18.1 Å². The zero-order valence-corrected chi connectivity index (χ0v) is 13.5. The van der Waals surface area contributed by atoms with Crippen molar-refractivity contribution < 1.29 is 9.53 Å². The number of H-pyrrole nitrogens is 1. The molecule has 0 bridgehead atoms. The molecule has 1 aromatic carbocycles. The minimum Gasteiger partial charge on any atom is -0.464 e. The van der Waals surface area contributed by atoms with Crippen LogP contribution in [0, 0.1) is 0 Å². The number of fused-ring (bicyclic) bond motifs is 1. The Hall–Kier alpha value is -2.03. The molecule has 0 amide bonds. The van der Waals surface area contributed by atoms with Crippen molar-refractivity contribution in [3.05, 3.63) is 58.4 Å². The van der Waals surface area contributed by atoms with E-state index in [0.717, 1.165) is 19.3 Å². The zero-order chi connectivity index (χ0) is 15.7. The lowest BCUT2D eigenvalue weighted by Gasteiger charge is -2.12. The van der Waals surface area contributed by atoms with E-state index in [9.17, 15) is 4.79 Å². The second kappa shape index (κ2) is 5.99. The highest BCUT2D eigenvalue weighted by Gasteiger charge is 2.26. The molecule has 0 radical (unpaired) electrons. The molecule has 0 fully saturated rings. The van der Waals surface area contributed by atoms with Gasteiger partial charge in [0.05, 0.1) is 7.11 Å². The predicted octanol–water partition coefficient (Wildman–Crippen LogP) is 4.20. The Bertz CT molecular complexity index is 667. The van der Waals surface area contributed by atoms with E-state index in [1.165, 1.54) is 29.5 Å². The normalized spacial score (nSPS) is 16.8. The van der Waals surface area contributed by atoms with Gasteiger partial charge in [-0.1, -0.05) is 38.1 Å². The molecule has 1 aromatic heterocycles. The van der Waals surface area contributed by atoms with Gasteiger partial charge in [-0.05, 0) is 53.9 Å². The van der Waals surface area contributed by atoms with Gasteiger partial charge >= 0.3 is 5.97 Å². The lowest BCUT2D eigenvalue weighted by Crippen LogP contribution is -2.02. The first-order valence-electron chi connectivity index (χ1n) is 7.97. The van der Waals surface area contributed by atoms with E-state index in [2.05, 4.69) is 43.1 Å². The summed E-state index contributed by atoms with van der Waals surface area (Å²) in [6.07, 6.45) is 3.19. The topological polar surface area (TPSA) is 42.1 Å². The lowest BCUT2D eigenvalue weighted by atomic mass is 9.93. The highest BCUT2D eigenvalue weighted by molar-refractivity contribution is 5.88. The van der Waals surface area contributed by atoms with E-state index in [-0.39, 0.29) is 5.97 Å². The summed E-state index contributed by atoms with van der Waals surface area (Å²) in [5, 5.41) is 0. The highest BCUT2D eigenvalue weighted by Crippen LogP contribution is 2.36. The molecular weight excluding hydrogens is 274 g/mol. The monoisotopic (exact) mass is 297 g/mol. The Kier molecular flexibility index (Phi) is 4.06. The Morgan fingerprint density at radius 2 is 2.05 bits per heavy atom. The van der Waals surface area contributed by atoms with Gasteiger partial charge in [0.15, 0.2) is 0 Å². The van der Waals surface area contributed by atoms with Gasteiger partial charge in [-0.2, -0.15) is 0 Å². The summed E-state index contributed by atoms with van der Waals surface area (Å²) < 4.78 is 4.79. The maximum absolute atomic E-state index is 11.6. The number of hydrogen-bond acceptors (Lipinski definition) is 2. The first-order valence-corrected chi connectivity index (χ1v) is 7.97. The van der Waals surface area contributed by atoms with Crippen molar-refractivity contribution in [3.63, 3.8) is 0 Å². The lowest BCUT2D eigenvalue weighted by molar-refractivity contribution is 0.0594. The van der Waals surface area contributed by atoms with Gasteiger partial charge in [-0.3, -0.25) is 0 Å². The van der Waals surface area contributed by atoms with E-state index < -0.39 is 0 Å². The standard InChI is InChI=1S/C19H23NO2/c1-12(2)14-6-4-13(5-7-14)10-15-8-9-17-16(15)11-18(20-17)19(21)22-3/h4-7,11-12,15,20H,8-10H2,1-3H3. The maximum atomic E-state index is 11.6. The maximum Gasteiger partial charge on any atom is 0.354 e. The summed E-state index contributed by atoms with van der Waals surface area (Å²) >= 11 is 0. The third-order valence-electron chi connectivity index (χ3n) is 4.65. The predicted molar refractivity (Wildman–Crippen MR) is 87.4 cm³/mol. The quantitative estimate of drug-likeness (QED) is 0.859. The van der Waals surface area contributed by atoms with Crippen LogP contribution in [0.1, 0.15) is 65.0 Å². The Labute approximate surface area is 131 Å². The van der Waals surface area contributed by atoms with Gasteiger partial charge in [0.25, 0.3) is 0 Å². The van der Waals surface area contributed by atoms with E-state index >= 15 is 0 Å². The summed E-state index contributed by atoms with van der Waals surface area (Å²) in [6.45, 7) is 4.43. The Morgan fingerprint density at radius 3 is 2.68 bits per heavy atom. The smallest absolute Gasteiger partial charge is 0.354 e. The van der Waals surface area contributed by atoms with E-state index in [4.69, 9.17) is 4.74 Å². The SMILES string of the molecule is COC(=O)c1cc2c([nH]1)CCC2Cc1ccc(C(C)C)cc1. The van der Waals surface area contributed by atoms with E-state index in [0.29, 0.717) is 17.5 Å². The second-order valence-electron chi connectivity index (χ2n) is 6.44. The molecule has 1 atom stereocenters. The van der Waals surface area contributed by atoms with Crippen LogP contribution in [0.25, 0.3) is 0 Å². The van der Waals surface area contributed by atoms with Crippen LogP contribution in [0.15, 0.2) is 30.3 Å².